The summed E-state index contributed by atoms with van der Waals surface area (Å²) in [5.74, 6) is -1.25. The molecule has 0 N–H and O–H groups in total. The smallest absolute Gasteiger partial charge is 0 e. The monoisotopic (exact) mass is 860 g/mol. The van der Waals surface area contributed by atoms with Crippen molar-refractivity contribution in [2.24, 2.45) is 11.3 Å². The Morgan fingerprint density at radius 3 is 2.15 bits per heavy atom. The number of carbonyl (C=O) groups excluding carboxylic acids is 5. The number of alkyl halides is 1. The summed E-state index contributed by atoms with van der Waals surface area (Å²) >= 11 is 2.53. The predicted octanol–water partition coefficient (Wildman–Crippen LogP) is 1.92. The number of rotatable bonds is 5. The SMILES string of the molecule is CN1C(=O)N(CC2(F)COC2)C2(CC3(CCC(N4C(=O)C(=[C-][Se])C(=O)N(CC5CCCC5)C4=O)CC3)C2)C1=O.[Es]. The Morgan fingerprint density at radius 1 is 0.975 bits per heavy atom. The van der Waals surface area contributed by atoms with Crippen LogP contribution in [0.25, 0.3) is 0 Å². The molecule has 0 aromatic carbocycles. The average molecular weight is 860 g/mol. The van der Waals surface area contributed by atoms with Gasteiger partial charge in [0.05, 0.1) is 13.2 Å². The third-order valence-electron chi connectivity index (χ3n) is 9.96. The first-order chi connectivity index (χ1) is 18.5. The molecule has 2 radical (unpaired) electrons. The average Bonchev–Trinajstić information content (AvgIpc) is 3.45. The van der Waals surface area contributed by atoms with Crippen LogP contribution in [0.2, 0.25) is 0 Å². The van der Waals surface area contributed by atoms with Crippen molar-refractivity contribution in [3.05, 3.63) is 10.5 Å². The number of carbonyl (C=O) groups is 5. The molecular formula is C27H33EsFN4O6Se-. The van der Waals surface area contributed by atoms with Crippen LogP contribution in [0.4, 0.5) is 14.0 Å². The number of nitrogens with zero attached hydrogens (tertiary/aromatic N) is 4. The minimum atomic E-state index is -1.63. The molecule has 6 fully saturated rings. The van der Waals surface area contributed by atoms with Crippen molar-refractivity contribution in [2.75, 3.05) is 33.4 Å². The zero-order chi connectivity index (χ0) is 27.7. The van der Waals surface area contributed by atoms with Crippen molar-refractivity contribution in [3.8, 4) is 0 Å². The Morgan fingerprint density at radius 2 is 1.60 bits per heavy atom. The van der Waals surface area contributed by atoms with Gasteiger partial charge in [-0.25, -0.2) is 9.18 Å². The predicted molar refractivity (Wildman–Crippen MR) is 135 cm³/mol. The van der Waals surface area contributed by atoms with E-state index in [1.54, 1.807) is 0 Å². The Balaban J connectivity index is 0.00000323. The van der Waals surface area contributed by atoms with Gasteiger partial charge in [0.1, 0.15) is 0 Å². The minimum Gasteiger partial charge on any atom is 0 e. The molecule has 0 unspecified atom stereocenters. The van der Waals surface area contributed by atoms with Crippen LogP contribution in [0.3, 0.4) is 0 Å². The number of halogens is 1. The molecule has 0 atom stereocenters. The van der Waals surface area contributed by atoms with Gasteiger partial charge in [-0.3, -0.25) is 0 Å². The maximum atomic E-state index is 14.9. The summed E-state index contributed by atoms with van der Waals surface area (Å²) in [6.45, 7) is -0.0213. The van der Waals surface area contributed by atoms with Crippen molar-refractivity contribution in [1.29, 1.82) is 0 Å². The van der Waals surface area contributed by atoms with E-state index in [2.05, 4.69) is 21.0 Å². The van der Waals surface area contributed by atoms with E-state index >= 15 is 0 Å². The molecule has 6 aliphatic rings. The van der Waals surface area contributed by atoms with Crippen molar-refractivity contribution in [1.82, 2.24) is 19.6 Å². The van der Waals surface area contributed by atoms with Gasteiger partial charge >= 0.3 is 195 Å². The molecule has 13 heteroatoms. The molecule has 3 saturated heterocycles. The number of barbiturate groups is 1. The number of hydrogen-bond donors (Lipinski definition) is 0. The first kappa shape index (κ1) is 28.2. The van der Waals surface area contributed by atoms with Gasteiger partial charge in [0.2, 0.25) is 0 Å². The molecule has 6 rings (SSSR count). The Kier molecular flexibility index (Phi) is 6.82. The van der Waals surface area contributed by atoms with Crippen LogP contribution in [-0.2, 0) is 19.1 Å². The van der Waals surface area contributed by atoms with Gasteiger partial charge in [0.15, 0.2) is 5.67 Å². The maximum absolute atomic E-state index is 14.9. The molecule has 7 amide bonds. The Bertz CT molecular complexity index is 1160. The van der Waals surface area contributed by atoms with Crippen LogP contribution in [-0.4, -0.2) is 116 Å². The summed E-state index contributed by atoms with van der Waals surface area (Å²) in [5, 5.41) is 0. The third kappa shape index (κ3) is 4.05. The van der Waals surface area contributed by atoms with E-state index in [0.717, 1.165) is 30.6 Å². The van der Waals surface area contributed by atoms with Crippen LogP contribution in [0, 0.1) is 16.3 Å². The number of ether oxygens (including phenoxy) is 1. The van der Waals surface area contributed by atoms with Crippen LogP contribution in [0.1, 0.15) is 64.2 Å². The van der Waals surface area contributed by atoms with Gasteiger partial charge in [0, 0.05) is 7.05 Å². The molecule has 0 aromatic heterocycles. The molecule has 3 heterocycles. The molecule has 10 nitrogen and oxygen atoms in total. The first-order valence-corrected chi connectivity index (χ1v) is 14.7. The van der Waals surface area contributed by atoms with E-state index < -0.39 is 35.1 Å². The second-order valence-corrected chi connectivity index (χ2v) is 12.9. The molecule has 3 aliphatic carbocycles. The fourth-order valence-electron chi connectivity index (χ4n) is 7.83. The molecule has 40 heavy (non-hydrogen) atoms. The molecular weight excluding hydrogens is 826 g/mol. The molecule has 2 spiro atoms. The Hall–Kier alpha value is -3.30. The van der Waals surface area contributed by atoms with Crippen LogP contribution < -0.4 is 0 Å². The summed E-state index contributed by atoms with van der Waals surface area (Å²) in [5.41, 5.74) is -3.04. The summed E-state index contributed by atoms with van der Waals surface area (Å²) in [6.07, 6.45) is 7.37. The summed E-state index contributed by atoms with van der Waals surface area (Å²) in [7, 11) is 1.44. The quantitative estimate of drug-likeness (QED) is 0.138. The molecule has 3 saturated carbocycles. The van der Waals surface area contributed by atoms with Crippen molar-refractivity contribution in [3.63, 3.8) is 0 Å². The number of likely N-dealkylation sites (N-methyl/N-ethyl adjacent to an activating group) is 1. The van der Waals surface area contributed by atoms with Gasteiger partial charge in [-0.1, -0.05) is 0 Å². The fourth-order valence-corrected chi connectivity index (χ4v) is 8.19. The van der Waals surface area contributed by atoms with Gasteiger partial charge < -0.3 is 4.74 Å². The normalized spacial score (nSPS) is 35.2. The minimum absolute atomic E-state index is 0. The van der Waals surface area contributed by atoms with E-state index in [-0.39, 0.29) is 48.6 Å². The van der Waals surface area contributed by atoms with E-state index in [1.165, 1.54) is 21.7 Å². The fraction of sp³-hybridized carbons (Fsp3) is 0.741. The number of amides is 7. The number of imide groups is 3. The summed E-state index contributed by atoms with van der Waals surface area (Å²) < 4.78 is 20.0. The van der Waals surface area contributed by atoms with E-state index in [1.807, 2.05) is 0 Å². The summed E-state index contributed by atoms with van der Waals surface area (Å²) in [4.78, 5) is 73.3. The van der Waals surface area contributed by atoms with Gasteiger partial charge in [0.25, 0.3) is 0 Å². The zero-order valence-electron chi connectivity index (χ0n) is 22.4. The standard InChI is InChI=1S/C27H33FN4O6Se.Es/c1-29-22(35)27(31(23(29)36)14-26(28)15-38-16-26)12-25(13-27)8-6-18(7-9-25)32-21(34)19(11-39)20(33)30(24(32)37)10-17-4-2-3-5-17;/h17-18H,2-10,12-16H2,1H3;/q-1;. The second kappa shape index (κ2) is 9.66. The van der Waals surface area contributed by atoms with Crippen LogP contribution in [0.5, 0.6) is 0 Å². The van der Waals surface area contributed by atoms with Crippen molar-refractivity contribution < 1.29 is 33.1 Å². The van der Waals surface area contributed by atoms with Gasteiger partial charge in [-0.05, 0) is 0 Å². The molecule has 222 valence electrons. The Labute approximate surface area is 235 Å². The number of urea groups is 2. The second-order valence-electron chi connectivity index (χ2n) is 12.5. The summed E-state index contributed by atoms with van der Waals surface area (Å²) in [6, 6.07) is -1.39. The van der Waals surface area contributed by atoms with E-state index in [0.29, 0.717) is 45.1 Å². The molecule has 0 aromatic rings. The molecule has 0 bridgehead atoms. The van der Waals surface area contributed by atoms with E-state index in [9.17, 15) is 28.4 Å². The topological polar surface area (TPSA) is 108 Å². The van der Waals surface area contributed by atoms with Gasteiger partial charge in [-0.15, -0.1) is 0 Å². The van der Waals surface area contributed by atoms with E-state index in [4.69, 9.17) is 4.74 Å². The van der Waals surface area contributed by atoms with Crippen molar-refractivity contribution in [2.45, 2.75) is 81.5 Å². The zero-order valence-corrected chi connectivity index (χ0v) is 26.6. The van der Waals surface area contributed by atoms with Crippen molar-refractivity contribution >= 4 is 45.8 Å². The van der Waals surface area contributed by atoms with Crippen LogP contribution >= 0.6 is 0 Å². The first-order valence-electron chi connectivity index (χ1n) is 13.8. The van der Waals surface area contributed by atoms with Crippen LogP contribution in [0.15, 0.2) is 5.57 Å². The number of hydrogen-bond acceptors (Lipinski definition) is 6. The molecule has 3 aliphatic heterocycles. The van der Waals surface area contributed by atoms with Gasteiger partial charge in [-0.2, -0.15) is 0 Å². The third-order valence-corrected chi connectivity index (χ3v) is 10.4.